The second kappa shape index (κ2) is 5.48. The minimum atomic E-state index is -0.554. The van der Waals surface area contributed by atoms with Gasteiger partial charge in [-0.25, -0.2) is 0 Å². The largest absolute Gasteiger partial charge is 0.393 e. The van der Waals surface area contributed by atoms with Crippen molar-refractivity contribution in [2.45, 2.75) is 31.9 Å². The van der Waals surface area contributed by atoms with E-state index in [2.05, 4.69) is 17.9 Å². The van der Waals surface area contributed by atoms with Crippen molar-refractivity contribution in [3.8, 4) is 0 Å². The van der Waals surface area contributed by atoms with Crippen LogP contribution in [0.1, 0.15) is 19.8 Å². The van der Waals surface area contributed by atoms with Crippen molar-refractivity contribution in [1.29, 1.82) is 0 Å². The van der Waals surface area contributed by atoms with Gasteiger partial charge in [-0.15, -0.1) is 0 Å². The number of aliphatic hydroxyl groups is 1. The summed E-state index contributed by atoms with van der Waals surface area (Å²) in [7, 11) is 0. The highest BCUT2D eigenvalue weighted by Gasteiger charge is 2.44. The molecular formula is C12H20N2O3S. The van der Waals surface area contributed by atoms with Crippen molar-refractivity contribution in [3.05, 3.63) is 0 Å². The van der Waals surface area contributed by atoms with Gasteiger partial charge in [0.15, 0.2) is 0 Å². The number of thiol groups is 1. The summed E-state index contributed by atoms with van der Waals surface area (Å²) in [5.41, 5.74) is 0. The lowest BCUT2D eigenvalue weighted by Crippen LogP contribution is -2.48. The molecule has 2 amide bonds. The molecule has 1 saturated carbocycles. The SMILES string of the molecule is CC(=O)NC(CS)C(=O)N1CC2CCC(O)C2C1. The van der Waals surface area contributed by atoms with Gasteiger partial charge in [0.1, 0.15) is 6.04 Å². The molecule has 4 atom stereocenters. The molecule has 5 nitrogen and oxygen atoms in total. The van der Waals surface area contributed by atoms with Crippen LogP contribution in [0.4, 0.5) is 0 Å². The maximum absolute atomic E-state index is 12.2. The Morgan fingerprint density at radius 1 is 1.44 bits per heavy atom. The Hall–Kier alpha value is -0.750. The summed E-state index contributed by atoms with van der Waals surface area (Å²) in [6.07, 6.45) is 1.56. The Labute approximate surface area is 112 Å². The summed E-state index contributed by atoms with van der Waals surface area (Å²) in [4.78, 5) is 25.0. The quantitative estimate of drug-likeness (QED) is 0.615. The first kappa shape index (κ1) is 13.7. The molecule has 1 heterocycles. The van der Waals surface area contributed by atoms with E-state index in [1.165, 1.54) is 6.92 Å². The zero-order chi connectivity index (χ0) is 13.3. The third-order valence-corrected chi connectivity index (χ3v) is 4.35. The molecule has 2 aliphatic rings. The standard InChI is InChI=1S/C12H20N2O3S/c1-7(15)13-10(6-18)12(17)14-4-8-2-3-11(16)9(8)5-14/h8-11,16,18H,2-6H2,1H3,(H,13,15). The summed E-state index contributed by atoms with van der Waals surface area (Å²) < 4.78 is 0. The van der Waals surface area contributed by atoms with Gasteiger partial charge in [0, 0.05) is 31.7 Å². The van der Waals surface area contributed by atoms with E-state index in [9.17, 15) is 14.7 Å². The van der Waals surface area contributed by atoms with E-state index >= 15 is 0 Å². The lowest BCUT2D eigenvalue weighted by Gasteiger charge is -2.24. The molecule has 2 N–H and O–H groups in total. The molecule has 18 heavy (non-hydrogen) atoms. The Kier molecular flexibility index (Phi) is 4.17. The predicted octanol–water partition coefficient (Wildman–Crippen LogP) is -0.350. The van der Waals surface area contributed by atoms with Crippen LogP contribution in [-0.4, -0.2) is 52.8 Å². The summed E-state index contributed by atoms with van der Waals surface area (Å²) in [6, 6.07) is -0.554. The van der Waals surface area contributed by atoms with Gasteiger partial charge in [-0.2, -0.15) is 12.6 Å². The van der Waals surface area contributed by atoms with Crippen molar-refractivity contribution in [1.82, 2.24) is 10.2 Å². The van der Waals surface area contributed by atoms with Crippen LogP contribution in [0, 0.1) is 11.8 Å². The van der Waals surface area contributed by atoms with Gasteiger partial charge in [-0.05, 0) is 18.8 Å². The summed E-state index contributed by atoms with van der Waals surface area (Å²) in [5.74, 6) is 0.629. The molecule has 0 aromatic heterocycles. The third kappa shape index (κ3) is 2.64. The van der Waals surface area contributed by atoms with E-state index in [4.69, 9.17) is 0 Å². The van der Waals surface area contributed by atoms with Crippen LogP contribution in [0.15, 0.2) is 0 Å². The number of amides is 2. The monoisotopic (exact) mass is 272 g/mol. The van der Waals surface area contributed by atoms with E-state index in [0.717, 1.165) is 12.8 Å². The van der Waals surface area contributed by atoms with Crippen molar-refractivity contribution in [2.24, 2.45) is 11.8 Å². The molecule has 1 aliphatic heterocycles. The van der Waals surface area contributed by atoms with Gasteiger partial charge in [0.2, 0.25) is 11.8 Å². The topological polar surface area (TPSA) is 69.6 Å². The van der Waals surface area contributed by atoms with E-state index in [0.29, 0.717) is 24.8 Å². The first-order valence-electron chi connectivity index (χ1n) is 6.37. The van der Waals surface area contributed by atoms with E-state index in [-0.39, 0.29) is 23.8 Å². The molecule has 1 saturated heterocycles. The van der Waals surface area contributed by atoms with Crippen LogP contribution < -0.4 is 5.32 Å². The van der Waals surface area contributed by atoms with Gasteiger partial charge in [-0.3, -0.25) is 9.59 Å². The number of nitrogens with zero attached hydrogens (tertiary/aromatic N) is 1. The van der Waals surface area contributed by atoms with Crippen molar-refractivity contribution < 1.29 is 14.7 Å². The molecule has 4 unspecified atom stereocenters. The fraction of sp³-hybridized carbons (Fsp3) is 0.833. The molecule has 102 valence electrons. The second-order valence-corrected chi connectivity index (χ2v) is 5.61. The fourth-order valence-corrected chi connectivity index (χ4v) is 3.32. The van der Waals surface area contributed by atoms with Crippen LogP contribution in [0.5, 0.6) is 0 Å². The lowest BCUT2D eigenvalue weighted by molar-refractivity contribution is -0.134. The van der Waals surface area contributed by atoms with Crippen LogP contribution in [0.3, 0.4) is 0 Å². The molecule has 0 spiro atoms. The van der Waals surface area contributed by atoms with Gasteiger partial charge >= 0.3 is 0 Å². The van der Waals surface area contributed by atoms with E-state index in [1.807, 2.05) is 0 Å². The average molecular weight is 272 g/mol. The number of likely N-dealkylation sites (tertiary alicyclic amines) is 1. The fourth-order valence-electron chi connectivity index (χ4n) is 3.07. The Balaban J connectivity index is 1.96. The molecule has 0 radical (unpaired) electrons. The molecule has 0 bridgehead atoms. The van der Waals surface area contributed by atoms with Crippen molar-refractivity contribution in [2.75, 3.05) is 18.8 Å². The molecule has 6 heteroatoms. The van der Waals surface area contributed by atoms with E-state index in [1.54, 1.807) is 4.90 Å². The molecule has 2 rings (SSSR count). The number of hydrogen-bond acceptors (Lipinski definition) is 4. The Bertz CT molecular complexity index is 350. The molecule has 2 fully saturated rings. The molecule has 0 aromatic rings. The molecular weight excluding hydrogens is 252 g/mol. The number of carbonyl (C=O) groups is 2. The van der Waals surface area contributed by atoms with Gasteiger partial charge < -0.3 is 15.3 Å². The van der Waals surface area contributed by atoms with Gasteiger partial charge in [-0.1, -0.05) is 0 Å². The van der Waals surface area contributed by atoms with Crippen LogP contribution >= 0.6 is 12.6 Å². The zero-order valence-electron chi connectivity index (χ0n) is 10.5. The second-order valence-electron chi connectivity index (χ2n) is 5.25. The number of hydrogen-bond donors (Lipinski definition) is 3. The molecule has 1 aliphatic carbocycles. The summed E-state index contributed by atoms with van der Waals surface area (Å²) in [6.45, 7) is 2.70. The zero-order valence-corrected chi connectivity index (χ0v) is 11.4. The summed E-state index contributed by atoms with van der Waals surface area (Å²) in [5, 5.41) is 12.4. The van der Waals surface area contributed by atoms with E-state index < -0.39 is 6.04 Å². The normalized spacial score (nSPS) is 32.2. The highest BCUT2D eigenvalue weighted by atomic mass is 32.1. The number of carbonyl (C=O) groups excluding carboxylic acids is 2. The Morgan fingerprint density at radius 2 is 2.17 bits per heavy atom. The predicted molar refractivity (Wildman–Crippen MR) is 70.3 cm³/mol. The highest BCUT2D eigenvalue weighted by Crippen LogP contribution is 2.38. The number of aliphatic hydroxyl groups excluding tert-OH is 1. The van der Waals surface area contributed by atoms with Crippen LogP contribution in [0.25, 0.3) is 0 Å². The highest BCUT2D eigenvalue weighted by molar-refractivity contribution is 7.80. The Morgan fingerprint density at radius 3 is 2.72 bits per heavy atom. The number of rotatable bonds is 3. The van der Waals surface area contributed by atoms with Crippen molar-refractivity contribution in [3.63, 3.8) is 0 Å². The number of fused-ring (bicyclic) bond motifs is 1. The number of nitrogens with one attached hydrogen (secondary N) is 1. The first-order chi connectivity index (χ1) is 8.52. The van der Waals surface area contributed by atoms with Crippen LogP contribution in [0.2, 0.25) is 0 Å². The van der Waals surface area contributed by atoms with Crippen LogP contribution in [-0.2, 0) is 9.59 Å². The maximum Gasteiger partial charge on any atom is 0.246 e. The minimum Gasteiger partial charge on any atom is -0.393 e. The smallest absolute Gasteiger partial charge is 0.246 e. The lowest BCUT2D eigenvalue weighted by atomic mass is 10.00. The third-order valence-electron chi connectivity index (χ3n) is 3.99. The van der Waals surface area contributed by atoms with Gasteiger partial charge in [0.25, 0.3) is 0 Å². The van der Waals surface area contributed by atoms with Gasteiger partial charge in [0.05, 0.1) is 6.10 Å². The average Bonchev–Trinajstić information content (AvgIpc) is 2.88. The van der Waals surface area contributed by atoms with Crippen molar-refractivity contribution >= 4 is 24.4 Å². The molecule has 0 aromatic carbocycles. The first-order valence-corrected chi connectivity index (χ1v) is 7.01. The minimum absolute atomic E-state index is 0.0817. The summed E-state index contributed by atoms with van der Waals surface area (Å²) >= 11 is 4.11. The maximum atomic E-state index is 12.2.